The highest BCUT2D eigenvalue weighted by Gasteiger charge is 2.02. The topological polar surface area (TPSA) is 47.0 Å². The van der Waals surface area contributed by atoms with E-state index in [2.05, 4.69) is 22.2 Å². The summed E-state index contributed by atoms with van der Waals surface area (Å²) in [5.41, 5.74) is 0. The van der Waals surface area contributed by atoms with E-state index in [-0.39, 0.29) is 5.82 Å². The number of ether oxygens (including phenoxy) is 1. The van der Waals surface area contributed by atoms with Crippen LogP contribution in [0.4, 0.5) is 10.2 Å². The molecule has 0 aliphatic rings. The van der Waals surface area contributed by atoms with E-state index in [0.29, 0.717) is 17.4 Å². The van der Waals surface area contributed by atoms with Crippen LogP contribution in [0.1, 0.15) is 13.3 Å². The third kappa shape index (κ3) is 3.41. The van der Waals surface area contributed by atoms with E-state index < -0.39 is 0 Å². The zero-order chi connectivity index (χ0) is 12.8. The number of halogens is 1. The van der Waals surface area contributed by atoms with Crippen molar-refractivity contribution in [1.82, 2.24) is 9.97 Å². The van der Waals surface area contributed by atoms with Crippen molar-refractivity contribution in [3.63, 3.8) is 0 Å². The van der Waals surface area contributed by atoms with Crippen LogP contribution in [-0.4, -0.2) is 16.5 Å². The summed E-state index contributed by atoms with van der Waals surface area (Å²) in [6.45, 7) is 2.90. The normalized spacial score (nSPS) is 10.1. The lowest BCUT2D eigenvalue weighted by Gasteiger charge is -2.07. The molecule has 1 aromatic carbocycles. The minimum absolute atomic E-state index is 0.342. The molecule has 0 unspecified atom stereocenters. The number of nitrogens with one attached hydrogen (secondary N) is 1. The second-order valence-corrected chi connectivity index (χ2v) is 3.73. The predicted molar refractivity (Wildman–Crippen MR) is 67.3 cm³/mol. The Morgan fingerprint density at radius 2 is 2.17 bits per heavy atom. The summed E-state index contributed by atoms with van der Waals surface area (Å²) in [7, 11) is 0. The van der Waals surface area contributed by atoms with Crippen molar-refractivity contribution in [3.05, 3.63) is 42.5 Å². The van der Waals surface area contributed by atoms with Gasteiger partial charge in [0.1, 0.15) is 23.7 Å². The molecule has 0 saturated heterocycles. The molecule has 0 fully saturated rings. The average molecular weight is 247 g/mol. The van der Waals surface area contributed by atoms with E-state index in [1.54, 1.807) is 18.2 Å². The molecule has 0 radical (unpaired) electrons. The van der Waals surface area contributed by atoms with Crippen LogP contribution in [0.5, 0.6) is 11.6 Å². The van der Waals surface area contributed by atoms with Gasteiger partial charge in [0.2, 0.25) is 5.88 Å². The van der Waals surface area contributed by atoms with Gasteiger partial charge in [-0.3, -0.25) is 0 Å². The van der Waals surface area contributed by atoms with E-state index in [4.69, 9.17) is 4.74 Å². The molecule has 0 spiro atoms. The summed E-state index contributed by atoms with van der Waals surface area (Å²) < 4.78 is 18.4. The van der Waals surface area contributed by atoms with E-state index >= 15 is 0 Å². The first-order chi connectivity index (χ1) is 8.78. The number of benzene rings is 1. The fourth-order valence-corrected chi connectivity index (χ4v) is 1.40. The summed E-state index contributed by atoms with van der Waals surface area (Å²) in [4.78, 5) is 8.04. The second-order valence-electron chi connectivity index (χ2n) is 3.73. The van der Waals surface area contributed by atoms with Gasteiger partial charge in [0.25, 0.3) is 0 Å². The molecule has 0 atom stereocenters. The third-order valence-corrected chi connectivity index (χ3v) is 2.22. The van der Waals surface area contributed by atoms with Crippen molar-refractivity contribution in [3.8, 4) is 11.6 Å². The van der Waals surface area contributed by atoms with Crippen LogP contribution in [0.3, 0.4) is 0 Å². The van der Waals surface area contributed by atoms with Crippen LogP contribution < -0.4 is 10.1 Å². The van der Waals surface area contributed by atoms with E-state index in [1.807, 2.05) is 0 Å². The monoisotopic (exact) mass is 247 g/mol. The molecular formula is C13H14FN3O. The van der Waals surface area contributed by atoms with Gasteiger partial charge in [0, 0.05) is 18.7 Å². The molecule has 2 aromatic rings. The molecule has 4 nitrogen and oxygen atoms in total. The number of rotatable bonds is 5. The van der Waals surface area contributed by atoms with Crippen molar-refractivity contribution in [2.24, 2.45) is 0 Å². The molecule has 1 heterocycles. The maximum atomic E-state index is 13.0. The lowest BCUT2D eigenvalue weighted by atomic mass is 10.3. The van der Waals surface area contributed by atoms with Crippen LogP contribution in [0.25, 0.3) is 0 Å². The van der Waals surface area contributed by atoms with Gasteiger partial charge in [0.15, 0.2) is 0 Å². The van der Waals surface area contributed by atoms with Gasteiger partial charge in [-0.15, -0.1) is 0 Å². The highest BCUT2D eigenvalue weighted by atomic mass is 19.1. The zero-order valence-corrected chi connectivity index (χ0v) is 10.1. The van der Waals surface area contributed by atoms with Gasteiger partial charge in [0.05, 0.1) is 0 Å². The predicted octanol–water partition coefficient (Wildman–Crippen LogP) is 3.23. The maximum Gasteiger partial charge on any atom is 0.224 e. The quantitative estimate of drug-likeness (QED) is 0.881. The fraction of sp³-hybridized carbons (Fsp3) is 0.231. The summed E-state index contributed by atoms with van der Waals surface area (Å²) in [5.74, 6) is 1.15. The first-order valence-corrected chi connectivity index (χ1v) is 5.77. The van der Waals surface area contributed by atoms with Crippen molar-refractivity contribution in [1.29, 1.82) is 0 Å². The van der Waals surface area contributed by atoms with Crippen molar-refractivity contribution < 1.29 is 9.13 Å². The first kappa shape index (κ1) is 12.3. The highest BCUT2D eigenvalue weighted by molar-refractivity contribution is 5.38. The zero-order valence-electron chi connectivity index (χ0n) is 10.1. The van der Waals surface area contributed by atoms with Gasteiger partial charge < -0.3 is 10.1 Å². The van der Waals surface area contributed by atoms with Crippen LogP contribution >= 0.6 is 0 Å². The molecule has 2 rings (SSSR count). The van der Waals surface area contributed by atoms with Gasteiger partial charge >= 0.3 is 0 Å². The molecule has 5 heteroatoms. The average Bonchev–Trinajstić information content (AvgIpc) is 2.37. The van der Waals surface area contributed by atoms with Crippen molar-refractivity contribution >= 4 is 5.82 Å². The lowest BCUT2D eigenvalue weighted by molar-refractivity contribution is 0.457. The van der Waals surface area contributed by atoms with E-state index in [9.17, 15) is 4.39 Å². The standard InChI is InChI=1S/C13H14FN3O/c1-2-6-15-12-8-13(17-9-16-12)18-11-5-3-4-10(14)7-11/h3-5,7-9H,2,6H2,1H3,(H,15,16,17). The molecular weight excluding hydrogens is 233 g/mol. The maximum absolute atomic E-state index is 13.0. The van der Waals surface area contributed by atoms with Crippen LogP contribution in [0, 0.1) is 5.82 Å². The number of hydrogen-bond acceptors (Lipinski definition) is 4. The molecule has 94 valence electrons. The van der Waals surface area contributed by atoms with Gasteiger partial charge in [-0.25, -0.2) is 14.4 Å². The number of anilines is 1. The van der Waals surface area contributed by atoms with Gasteiger partial charge in [-0.05, 0) is 18.6 Å². The molecule has 0 amide bonds. The molecule has 1 aromatic heterocycles. The fourth-order valence-electron chi connectivity index (χ4n) is 1.40. The summed E-state index contributed by atoms with van der Waals surface area (Å²) in [5, 5.41) is 3.13. The molecule has 1 N–H and O–H groups in total. The minimum Gasteiger partial charge on any atom is -0.439 e. The molecule has 0 saturated carbocycles. The SMILES string of the molecule is CCCNc1cc(Oc2cccc(F)c2)ncn1. The summed E-state index contributed by atoms with van der Waals surface area (Å²) in [6.07, 6.45) is 2.41. The molecule has 0 bridgehead atoms. The van der Waals surface area contributed by atoms with E-state index in [1.165, 1.54) is 18.5 Å². The van der Waals surface area contributed by atoms with E-state index in [0.717, 1.165) is 13.0 Å². The van der Waals surface area contributed by atoms with Crippen LogP contribution in [0.15, 0.2) is 36.7 Å². The number of aromatic nitrogens is 2. The first-order valence-electron chi connectivity index (χ1n) is 5.77. The minimum atomic E-state index is -0.342. The molecule has 18 heavy (non-hydrogen) atoms. The second kappa shape index (κ2) is 5.95. The Morgan fingerprint density at radius 1 is 1.28 bits per heavy atom. The Bertz CT molecular complexity index is 519. The summed E-state index contributed by atoms with van der Waals surface area (Å²) >= 11 is 0. The lowest BCUT2D eigenvalue weighted by Crippen LogP contribution is -2.02. The number of nitrogens with zero attached hydrogens (tertiary/aromatic N) is 2. The Labute approximate surface area is 105 Å². The summed E-state index contributed by atoms with van der Waals surface area (Å²) in [6, 6.07) is 7.61. The Kier molecular flexibility index (Phi) is 4.06. The third-order valence-electron chi connectivity index (χ3n) is 2.22. The van der Waals surface area contributed by atoms with Crippen molar-refractivity contribution in [2.45, 2.75) is 13.3 Å². The molecule has 0 aliphatic carbocycles. The largest absolute Gasteiger partial charge is 0.439 e. The van der Waals surface area contributed by atoms with Gasteiger partial charge in [-0.2, -0.15) is 0 Å². The number of hydrogen-bond donors (Lipinski definition) is 1. The highest BCUT2D eigenvalue weighted by Crippen LogP contribution is 2.21. The Morgan fingerprint density at radius 3 is 2.94 bits per heavy atom. The van der Waals surface area contributed by atoms with Crippen LogP contribution in [-0.2, 0) is 0 Å². The van der Waals surface area contributed by atoms with Crippen molar-refractivity contribution in [2.75, 3.05) is 11.9 Å². The smallest absolute Gasteiger partial charge is 0.224 e. The molecule has 0 aliphatic heterocycles. The van der Waals surface area contributed by atoms with Gasteiger partial charge in [-0.1, -0.05) is 13.0 Å². The Hall–Kier alpha value is -2.17. The Balaban J connectivity index is 2.09. The van der Waals surface area contributed by atoms with Crippen LogP contribution in [0.2, 0.25) is 0 Å².